The van der Waals surface area contributed by atoms with Crippen LogP contribution in [-0.2, 0) is 0 Å². The molecule has 1 nitrogen and oxygen atoms in total. The summed E-state index contributed by atoms with van der Waals surface area (Å²) in [6, 6.07) is 2.03. The van der Waals surface area contributed by atoms with Gasteiger partial charge in [-0.25, -0.2) is 0 Å². The molecule has 0 fully saturated rings. The summed E-state index contributed by atoms with van der Waals surface area (Å²) in [6.07, 6.45) is 7.83. The second-order valence-electron chi connectivity index (χ2n) is 2.00. The SMILES string of the molecule is C1=C[N]c2ccsc2C=C1. The first-order valence-corrected chi connectivity index (χ1v) is 3.96. The van der Waals surface area contributed by atoms with Crippen LogP contribution in [0.3, 0.4) is 0 Å². The minimum atomic E-state index is 1.08. The highest BCUT2D eigenvalue weighted by atomic mass is 32.1. The molecule has 1 aromatic rings. The lowest BCUT2D eigenvalue weighted by Gasteiger charge is -1.90. The number of hydrogen-bond donors (Lipinski definition) is 0. The van der Waals surface area contributed by atoms with Crippen molar-refractivity contribution >= 4 is 23.1 Å². The Morgan fingerprint density at radius 2 is 2.30 bits per heavy atom. The zero-order valence-electron chi connectivity index (χ0n) is 5.32. The van der Waals surface area contributed by atoms with Gasteiger partial charge < -0.3 is 0 Å². The van der Waals surface area contributed by atoms with Crippen molar-refractivity contribution in [3.8, 4) is 0 Å². The second-order valence-corrected chi connectivity index (χ2v) is 2.95. The van der Waals surface area contributed by atoms with E-state index >= 15 is 0 Å². The van der Waals surface area contributed by atoms with Crippen LogP contribution in [0.1, 0.15) is 4.88 Å². The molecule has 10 heavy (non-hydrogen) atoms. The number of nitrogens with zero attached hydrogens (tertiary/aromatic N) is 1. The molecule has 1 radical (unpaired) electrons. The van der Waals surface area contributed by atoms with Crippen molar-refractivity contribution in [2.45, 2.75) is 0 Å². The van der Waals surface area contributed by atoms with Crippen molar-refractivity contribution in [1.29, 1.82) is 0 Å². The fourth-order valence-corrected chi connectivity index (χ4v) is 1.60. The maximum absolute atomic E-state index is 4.21. The molecule has 0 spiro atoms. The summed E-state index contributed by atoms with van der Waals surface area (Å²) in [5.41, 5.74) is 1.08. The van der Waals surface area contributed by atoms with Gasteiger partial charge in [-0.2, -0.15) is 0 Å². The summed E-state index contributed by atoms with van der Waals surface area (Å²) in [5, 5.41) is 6.27. The molecule has 0 aliphatic carbocycles. The van der Waals surface area contributed by atoms with Crippen LogP contribution in [-0.4, -0.2) is 0 Å². The maximum atomic E-state index is 4.21. The van der Waals surface area contributed by atoms with Gasteiger partial charge in [0, 0.05) is 6.20 Å². The molecule has 0 amide bonds. The molecule has 49 valence electrons. The van der Waals surface area contributed by atoms with Crippen molar-refractivity contribution in [2.75, 3.05) is 0 Å². The Morgan fingerprint density at radius 3 is 3.30 bits per heavy atom. The van der Waals surface area contributed by atoms with Crippen molar-refractivity contribution in [3.05, 3.63) is 34.7 Å². The van der Waals surface area contributed by atoms with Crippen LogP contribution in [0.5, 0.6) is 0 Å². The fraction of sp³-hybridized carbons (Fsp3) is 0. The highest BCUT2D eigenvalue weighted by Gasteiger charge is 2.00. The summed E-state index contributed by atoms with van der Waals surface area (Å²) < 4.78 is 0. The zero-order chi connectivity index (χ0) is 6.81. The van der Waals surface area contributed by atoms with Crippen LogP contribution in [0.2, 0.25) is 0 Å². The topological polar surface area (TPSA) is 14.1 Å². The average molecular weight is 148 g/mol. The predicted molar refractivity (Wildman–Crippen MR) is 44.3 cm³/mol. The number of allylic oxidation sites excluding steroid dienone is 2. The molecule has 1 aliphatic rings. The van der Waals surface area contributed by atoms with E-state index in [-0.39, 0.29) is 0 Å². The summed E-state index contributed by atoms with van der Waals surface area (Å²) >= 11 is 1.72. The van der Waals surface area contributed by atoms with Crippen molar-refractivity contribution < 1.29 is 0 Å². The lowest BCUT2D eigenvalue weighted by Crippen LogP contribution is -1.81. The maximum Gasteiger partial charge on any atom is 0.0809 e. The number of thiophene rings is 1. The third kappa shape index (κ3) is 0.866. The monoisotopic (exact) mass is 148 g/mol. The van der Waals surface area contributed by atoms with E-state index in [9.17, 15) is 0 Å². The third-order valence-electron chi connectivity index (χ3n) is 1.33. The largest absolute Gasteiger partial charge is 0.255 e. The van der Waals surface area contributed by atoms with Gasteiger partial charge in [0.1, 0.15) is 0 Å². The number of fused-ring (bicyclic) bond motifs is 1. The van der Waals surface area contributed by atoms with Gasteiger partial charge >= 0.3 is 0 Å². The van der Waals surface area contributed by atoms with E-state index in [2.05, 4.69) is 16.8 Å². The van der Waals surface area contributed by atoms with Crippen LogP contribution < -0.4 is 5.32 Å². The molecule has 0 saturated carbocycles. The second kappa shape index (κ2) is 2.31. The summed E-state index contributed by atoms with van der Waals surface area (Å²) in [5.74, 6) is 0. The molecule has 0 unspecified atom stereocenters. The molecule has 2 heteroatoms. The highest BCUT2D eigenvalue weighted by Crippen LogP contribution is 2.25. The van der Waals surface area contributed by atoms with E-state index in [1.54, 1.807) is 11.3 Å². The van der Waals surface area contributed by atoms with E-state index in [0.717, 1.165) is 5.69 Å². The molecule has 1 aliphatic heterocycles. The molecule has 0 bridgehead atoms. The van der Waals surface area contributed by atoms with Crippen LogP contribution in [0.25, 0.3) is 6.08 Å². The van der Waals surface area contributed by atoms with Gasteiger partial charge in [-0.3, -0.25) is 5.32 Å². The first-order chi connectivity index (χ1) is 4.97. The highest BCUT2D eigenvalue weighted by molar-refractivity contribution is 7.11. The van der Waals surface area contributed by atoms with Crippen LogP contribution in [0, 0.1) is 0 Å². The third-order valence-corrected chi connectivity index (χ3v) is 2.20. The van der Waals surface area contributed by atoms with Crippen molar-refractivity contribution in [2.24, 2.45) is 0 Å². The van der Waals surface area contributed by atoms with Crippen LogP contribution in [0.4, 0.5) is 5.69 Å². The first kappa shape index (κ1) is 5.74. The molecule has 1 aromatic heterocycles. The van der Waals surface area contributed by atoms with Gasteiger partial charge in [-0.05, 0) is 23.6 Å². The van der Waals surface area contributed by atoms with Gasteiger partial charge in [0.05, 0.1) is 10.6 Å². The minimum Gasteiger partial charge on any atom is -0.255 e. The Morgan fingerprint density at radius 1 is 1.30 bits per heavy atom. The molecule has 0 aromatic carbocycles. The Balaban J connectivity index is 2.50. The van der Waals surface area contributed by atoms with Gasteiger partial charge in [0.15, 0.2) is 0 Å². The Bertz CT molecular complexity index is 283. The van der Waals surface area contributed by atoms with E-state index in [1.807, 2.05) is 24.4 Å². The van der Waals surface area contributed by atoms with E-state index in [1.165, 1.54) is 4.88 Å². The number of rotatable bonds is 0. The fourth-order valence-electron chi connectivity index (χ4n) is 0.862. The van der Waals surface area contributed by atoms with Gasteiger partial charge in [0.25, 0.3) is 0 Å². The van der Waals surface area contributed by atoms with Gasteiger partial charge in [-0.1, -0.05) is 6.08 Å². The smallest absolute Gasteiger partial charge is 0.0809 e. The van der Waals surface area contributed by atoms with Crippen LogP contribution >= 0.6 is 11.3 Å². The van der Waals surface area contributed by atoms with Crippen molar-refractivity contribution in [1.82, 2.24) is 5.32 Å². The van der Waals surface area contributed by atoms with E-state index < -0.39 is 0 Å². The Hall–Kier alpha value is -1.02. The standard InChI is InChI=1S/C8H6NS/c1-2-5-9-7-4-6-10-8(7)3-1/h1-6H. The summed E-state index contributed by atoms with van der Waals surface area (Å²) in [7, 11) is 0. The zero-order valence-corrected chi connectivity index (χ0v) is 6.14. The quantitative estimate of drug-likeness (QED) is 0.536. The summed E-state index contributed by atoms with van der Waals surface area (Å²) in [4.78, 5) is 1.24. The Kier molecular flexibility index (Phi) is 1.32. The van der Waals surface area contributed by atoms with Gasteiger partial charge in [0.2, 0.25) is 0 Å². The van der Waals surface area contributed by atoms with E-state index in [4.69, 9.17) is 0 Å². The molecule has 2 rings (SSSR count). The lowest BCUT2D eigenvalue weighted by molar-refractivity contribution is 1.19. The summed E-state index contributed by atoms with van der Waals surface area (Å²) in [6.45, 7) is 0. The van der Waals surface area contributed by atoms with E-state index in [0.29, 0.717) is 0 Å². The molecule has 2 heterocycles. The predicted octanol–water partition coefficient (Wildman–Crippen LogP) is 2.52. The Labute approximate surface area is 63.7 Å². The molecule has 0 saturated heterocycles. The molecule has 0 N–H and O–H groups in total. The molecular weight excluding hydrogens is 142 g/mol. The first-order valence-electron chi connectivity index (χ1n) is 3.08. The molecule has 0 atom stereocenters. The molecular formula is C8H6NS. The lowest BCUT2D eigenvalue weighted by atomic mass is 10.4. The van der Waals surface area contributed by atoms with Gasteiger partial charge in [-0.15, -0.1) is 11.3 Å². The number of hydrogen-bond acceptors (Lipinski definition) is 1. The minimum absolute atomic E-state index is 1.08. The van der Waals surface area contributed by atoms with Crippen molar-refractivity contribution in [3.63, 3.8) is 0 Å². The normalized spacial score (nSPS) is 14.0. The average Bonchev–Trinajstić information content (AvgIpc) is 2.28. The van der Waals surface area contributed by atoms with Crippen LogP contribution in [0.15, 0.2) is 29.8 Å².